The van der Waals surface area contributed by atoms with Gasteiger partial charge in [0.05, 0.1) is 5.39 Å². The number of aryl methyl sites for hydroxylation is 2. The van der Waals surface area contributed by atoms with Gasteiger partial charge >= 0.3 is 0 Å². The van der Waals surface area contributed by atoms with E-state index in [1.54, 1.807) is 11.3 Å². The second-order valence-electron chi connectivity index (χ2n) is 7.89. The van der Waals surface area contributed by atoms with Crippen molar-refractivity contribution in [2.24, 2.45) is 11.7 Å². The van der Waals surface area contributed by atoms with Crippen LogP contribution in [0.25, 0.3) is 10.2 Å². The fourth-order valence-electron chi connectivity index (χ4n) is 3.61. The zero-order valence-corrected chi connectivity index (χ0v) is 18.5. The van der Waals surface area contributed by atoms with Crippen molar-refractivity contribution in [3.63, 3.8) is 0 Å². The molecule has 1 unspecified atom stereocenters. The Kier molecular flexibility index (Phi) is 7.65. The second kappa shape index (κ2) is 9.37. The van der Waals surface area contributed by atoms with Gasteiger partial charge in [-0.3, -0.25) is 9.59 Å². The summed E-state index contributed by atoms with van der Waals surface area (Å²) in [5.74, 6) is 1.18. The van der Waals surface area contributed by atoms with Gasteiger partial charge in [-0.2, -0.15) is 0 Å². The van der Waals surface area contributed by atoms with E-state index in [9.17, 15) is 9.59 Å². The lowest BCUT2D eigenvalue weighted by molar-refractivity contribution is -0.121. The van der Waals surface area contributed by atoms with Gasteiger partial charge < -0.3 is 16.0 Å². The largest absolute Gasteiger partial charge is 0.354 e. The summed E-state index contributed by atoms with van der Waals surface area (Å²) in [7, 11) is 0. The SMILES string of the molecule is CCC(N)(CC)CNC(=O)CCc1nc2sc3c(c2c(=O)[nH]1)CCC(C)C3.Cl. The highest BCUT2D eigenvalue weighted by Gasteiger charge is 2.23. The molecule has 1 aliphatic carbocycles. The Morgan fingerprint density at radius 3 is 2.79 bits per heavy atom. The number of halogens is 1. The van der Waals surface area contributed by atoms with E-state index in [0.717, 1.165) is 42.3 Å². The number of hydrogen-bond acceptors (Lipinski definition) is 5. The maximum atomic E-state index is 12.6. The van der Waals surface area contributed by atoms with E-state index < -0.39 is 0 Å². The fourth-order valence-corrected chi connectivity index (χ4v) is 5.01. The van der Waals surface area contributed by atoms with E-state index in [1.807, 2.05) is 13.8 Å². The maximum Gasteiger partial charge on any atom is 0.259 e. The Balaban J connectivity index is 0.00000280. The number of carbonyl (C=O) groups is 1. The van der Waals surface area contributed by atoms with Crippen LogP contribution in [-0.4, -0.2) is 28.0 Å². The molecule has 0 radical (unpaired) electrons. The summed E-state index contributed by atoms with van der Waals surface area (Å²) in [5.41, 5.74) is 6.98. The van der Waals surface area contributed by atoms with Crippen LogP contribution in [0, 0.1) is 5.92 Å². The summed E-state index contributed by atoms with van der Waals surface area (Å²) < 4.78 is 0. The van der Waals surface area contributed by atoms with Crippen molar-refractivity contribution in [2.45, 2.75) is 71.3 Å². The number of rotatable bonds is 7. The minimum absolute atomic E-state index is 0. The molecule has 0 bridgehead atoms. The molecule has 3 rings (SSSR count). The number of H-pyrrole nitrogens is 1. The molecule has 0 fully saturated rings. The average molecular weight is 427 g/mol. The Hall–Kier alpha value is -1.44. The maximum absolute atomic E-state index is 12.6. The van der Waals surface area contributed by atoms with E-state index in [0.29, 0.717) is 31.1 Å². The van der Waals surface area contributed by atoms with Gasteiger partial charge in [-0.15, -0.1) is 23.7 Å². The molecule has 1 amide bonds. The van der Waals surface area contributed by atoms with Crippen LogP contribution in [0.15, 0.2) is 4.79 Å². The Labute approximate surface area is 176 Å². The average Bonchev–Trinajstić information content (AvgIpc) is 3.02. The number of aromatic amines is 1. The molecule has 2 heterocycles. The summed E-state index contributed by atoms with van der Waals surface area (Å²) >= 11 is 1.64. The monoisotopic (exact) mass is 426 g/mol. The van der Waals surface area contributed by atoms with Crippen molar-refractivity contribution >= 4 is 39.9 Å². The molecule has 1 atom stereocenters. The molecule has 2 aromatic rings. The highest BCUT2D eigenvalue weighted by molar-refractivity contribution is 7.18. The molecule has 8 heteroatoms. The molecule has 0 spiro atoms. The molecule has 0 saturated carbocycles. The number of amides is 1. The molecule has 28 heavy (non-hydrogen) atoms. The number of thiophene rings is 1. The molecule has 156 valence electrons. The molecule has 0 saturated heterocycles. The quantitative estimate of drug-likeness (QED) is 0.633. The summed E-state index contributed by atoms with van der Waals surface area (Å²) in [6, 6.07) is 0. The molecule has 6 nitrogen and oxygen atoms in total. The van der Waals surface area contributed by atoms with Crippen molar-refractivity contribution < 1.29 is 4.79 Å². The molecule has 4 N–H and O–H groups in total. The summed E-state index contributed by atoms with van der Waals surface area (Å²) in [6.45, 7) is 6.78. The van der Waals surface area contributed by atoms with E-state index in [2.05, 4.69) is 22.2 Å². The van der Waals surface area contributed by atoms with Gasteiger partial charge in [0.15, 0.2) is 0 Å². The first kappa shape index (κ1) is 22.8. The topological polar surface area (TPSA) is 101 Å². The highest BCUT2D eigenvalue weighted by Crippen LogP contribution is 2.35. The Bertz CT molecular complexity index is 888. The van der Waals surface area contributed by atoms with Crippen LogP contribution in [0.4, 0.5) is 0 Å². The Morgan fingerprint density at radius 2 is 2.11 bits per heavy atom. The highest BCUT2D eigenvalue weighted by atomic mass is 35.5. The number of hydrogen-bond donors (Lipinski definition) is 3. The van der Waals surface area contributed by atoms with Crippen molar-refractivity contribution in [1.82, 2.24) is 15.3 Å². The lowest BCUT2D eigenvalue weighted by Gasteiger charge is -2.26. The van der Waals surface area contributed by atoms with Crippen molar-refractivity contribution in [1.29, 1.82) is 0 Å². The van der Waals surface area contributed by atoms with Gasteiger partial charge in [-0.05, 0) is 43.6 Å². The standard InChI is InChI=1S/C20H30N4O2S.ClH/c1-4-20(21,5-2)11-22-16(25)9-8-15-23-18(26)17-13-7-6-12(3)10-14(13)27-19(17)24-15;/h12H,4-11,21H2,1-3H3,(H,22,25)(H,23,24,26);1H. The number of aromatic nitrogens is 2. The van der Waals surface area contributed by atoms with Crippen LogP contribution < -0.4 is 16.6 Å². The van der Waals surface area contributed by atoms with Crippen LogP contribution in [0.2, 0.25) is 0 Å². The van der Waals surface area contributed by atoms with Gasteiger partial charge in [-0.1, -0.05) is 20.8 Å². The molecule has 1 aliphatic rings. The molecule has 0 aromatic carbocycles. The van der Waals surface area contributed by atoms with Crippen LogP contribution in [0.5, 0.6) is 0 Å². The van der Waals surface area contributed by atoms with Gasteiger partial charge in [0, 0.05) is 29.8 Å². The summed E-state index contributed by atoms with van der Waals surface area (Å²) in [5, 5.41) is 3.67. The van der Waals surface area contributed by atoms with E-state index in [-0.39, 0.29) is 29.4 Å². The number of nitrogens with two attached hydrogens (primary N) is 1. The first-order chi connectivity index (χ1) is 12.8. The van der Waals surface area contributed by atoms with Crippen LogP contribution in [0.1, 0.15) is 62.7 Å². The van der Waals surface area contributed by atoms with E-state index in [1.165, 1.54) is 10.4 Å². The normalized spacial score (nSPS) is 16.5. The van der Waals surface area contributed by atoms with Crippen molar-refractivity contribution in [3.8, 4) is 0 Å². The van der Waals surface area contributed by atoms with Gasteiger partial charge in [0.1, 0.15) is 10.7 Å². The minimum atomic E-state index is -0.353. The van der Waals surface area contributed by atoms with Gasteiger partial charge in [0.25, 0.3) is 5.56 Å². The minimum Gasteiger partial charge on any atom is -0.354 e. The second-order valence-corrected chi connectivity index (χ2v) is 8.97. The third kappa shape index (κ3) is 4.93. The zero-order chi connectivity index (χ0) is 19.6. The third-order valence-electron chi connectivity index (χ3n) is 5.85. The number of fused-ring (bicyclic) bond motifs is 3. The van der Waals surface area contributed by atoms with Gasteiger partial charge in [0.2, 0.25) is 5.91 Å². The van der Waals surface area contributed by atoms with Crippen molar-refractivity contribution in [3.05, 3.63) is 26.6 Å². The lowest BCUT2D eigenvalue weighted by Crippen LogP contribution is -2.49. The Morgan fingerprint density at radius 1 is 1.39 bits per heavy atom. The summed E-state index contributed by atoms with van der Waals surface area (Å²) in [4.78, 5) is 34.4. The summed E-state index contributed by atoms with van der Waals surface area (Å²) in [6.07, 6.45) is 5.46. The number of nitrogens with zero attached hydrogens (tertiary/aromatic N) is 1. The number of carbonyl (C=O) groups excluding carboxylic acids is 1. The smallest absolute Gasteiger partial charge is 0.259 e. The molecular formula is C20H31ClN4O2S. The van der Waals surface area contributed by atoms with Crippen LogP contribution >= 0.6 is 23.7 Å². The van der Waals surface area contributed by atoms with E-state index in [4.69, 9.17) is 5.73 Å². The van der Waals surface area contributed by atoms with Crippen LogP contribution in [-0.2, 0) is 24.1 Å². The van der Waals surface area contributed by atoms with Crippen molar-refractivity contribution in [2.75, 3.05) is 6.54 Å². The van der Waals surface area contributed by atoms with E-state index >= 15 is 0 Å². The number of nitrogens with one attached hydrogen (secondary N) is 2. The van der Waals surface area contributed by atoms with Gasteiger partial charge in [-0.25, -0.2) is 4.98 Å². The third-order valence-corrected chi connectivity index (χ3v) is 7.00. The predicted molar refractivity (Wildman–Crippen MR) is 118 cm³/mol. The molecular weight excluding hydrogens is 396 g/mol. The fraction of sp³-hybridized carbons (Fsp3) is 0.650. The first-order valence-electron chi connectivity index (χ1n) is 9.94. The molecule has 0 aliphatic heterocycles. The first-order valence-corrected chi connectivity index (χ1v) is 10.8. The predicted octanol–water partition coefficient (Wildman–Crippen LogP) is 3.10. The van der Waals surface area contributed by atoms with Crippen LogP contribution in [0.3, 0.4) is 0 Å². The molecule has 2 aromatic heterocycles. The zero-order valence-electron chi connectivity index (χ0n) is 16.9. The lowest BCUT2D eigenvalue weighted by atomic mass is 9.89.